The molecule has 1 atom stereocenters. The number of hydrogen-bond acceptors (Lipinski definition) is 4. The van der Waals surface area contributed by atoms with Gasteiger partial charge in [-0.15, -0.1) is 0 Å². The summed E-state index contributed by atoms with van der Waals surface area (Å²) in [6, 6.07) is 6.05. The Hall–Kier alpha value is -2.08. The van der Waals surface area contributed by atoms with Crippen molar-refractivity contribution in [2.24, 2.45) is 0 Å². The minimum absolute atomic E-state index is 0.206. The van der Waals surface area contributed by atoms with Crippen LogP contribution in [0, 0.1) is 0 Å². The molecule has 1 aromatic carbocycles. The van der Waals surface area contributed by atoms with E-state index in [9.17, 15) is 4.79 Å². The molecule has 1 aromatic heterocycles. The van der Waals surface area contributed by atoms with Gasteiger partial charge in [-0.1, -0.05) is 0 Å². The van der Waals surface area contributed by atoms with Crippen LogP contribution in [-0.2, 0) is 4.79 Å². The van der Waals surface area contributed by atoms with E-state index in [-0.39, 0.29) is 6.04 Å². The Morgan fingerprint density at radius 3 is 2.76 bits per heavy atom. The highest BCUT2D eigenvalue weighted by molar-refractivity contribution is 5.76. The van der Waals surface area contributed by atoms with Crippen LogP contribution < -0.4 is 4.74 Å². The van der Waals surface area contributed by atoms with E-state index in [4.69, 9.17) is 4.74 Å². The number of carbonyl (C=O) groups excluding carboxylic acids is 1. The third kappa shape index (κ3) is 2.71. The summed E-state index contributed by atoms with van der Waals surface area (Å²) >= 11 is 0. The van der Waals surface area contributed by atoms with Crippen LogP contribution in [0.5, 0.6) is 5.75 Å². The second kappa shape index (κ2) is 5.73. The molecule has 3 rings (SSSR count). The van der Waals surface area contributed by atoms with E-state index < -0.39 is 0 Å². The minimum atomic E-state index is 0.206. The van der Waals surface area contributed by atoms with Gasteiger partial charge in [-0.3, -0.25) is 9.69 Å². The summed E-state index contributed by atoms with van der Waals surface area (Å²) in [5.41, 5.74) is 1.94. The molecule has 1 N–H and O–H groups in total. The Morgan fingerprint density at radius 1 is 1.33 bits per heavy atom. The molecule has 6 heteroatoms. The fourth-order valence-corrected chi connectivity index (χ4v) is 2.74. The lowest BCUT2D eigenvalue weighted by Gasteiger charge is -2.35. The van der Waals surface area contributed by atoms with Gasteiger partial charge in [0.15, 0.2) is 0 Å². The number of rotatable bonds is 4. The van der Waals surface area contributed by atoms with Crippen molar-refractivity contribution in [1.29, 1.82) is 0 Å². The second-order valence-corrected chi connectivity index (χ2v) is 5.36. The number of fused-ring (bicyclic) bond motifs is 1. The molecule has 0 radical (unpaired) electrons. The van der Waals surface area contributed by atoms with Crippen LogP contribution in [0.1, 0.15) is 18.8 Å². The van der Waals surface area contributed by atoms with Crippen LogP contribution in [0.2, 0.25) is 0 Å². The second-order valence-electron chi connectivity index (χ2n) is 5.36. The SMILES string of the molecule is COc1ccc2nc(C(C)N3CCN(C=O)CC3)[nH]c2c1. The molecule has 21 heavy (non-hydrogen) atoms. The number of nitrogens with zero attached hydrogens (tertiary/aromatic N) is 3. The molecule has 1 fully saturated rings. The average molecular weight is 288 g/mol. The molecule has 1 saturated heterocycles. The fraction of sp³-hybridized carbons (Fsp3) is 0.467. The maximum absolute atomic E-state index is 10.8. The van der Waals surface area contributed by atoms with E-state index in [1.807, 2.05) is 23.1 Å². The fourth-order valence-electron chi connectivity index (χ4n) is 2.74. The Kier molecular flexibility index (Phi) is 3.79. The molecule has 1 amide bonds. The van der Waals surface area contributed by atoms with E-state index in [1.54, 1.807) is 7.11 Å². The van der Waals surface area contributed by atoms with Gasteiger partial charge in [-0.25, -0.2) is 4.98 Å². The van der Waals surface area contributed by atoms with Gasteiger partial charge >= 0.3 is 0 Å². The first-order valence-corrected chi connectivity index (χ1v) is 7.18. The molecule has 0 bridgehead atoms. The van der Waals surface area contributed by atoms with Crippen molar-refractivity contribution < 1.29 is 9.53 Å². The van der Waals surface area contributed by atoms with Crippen LogP contribution in [0.25, 0.3) is 11.0 Å². The summed E-state index contributed by atoms with van der Waals surface area (Å²) in [5.74, 6) is 1.78. The first-order valence-electron chi connectivity index (χ1n) is 7.18. The van der Waals surface area contributed by atoms with Crippen LogP contribution >= 0.6 is 0 Å². The number of nitrogens with one attached hydrogen (secondary N) is 1. The van der Waals surface area contributed by atoms with Gasteiger partial charge < -0.3 is 14.6 Å². The largest absolute Gasteiger partial charge is 0.497 e. The van der Waals surface area contributed by atoms with E-state index in [2.05, 4.69) is 21.8 Å². The summed E-state index contributed by atoms with van der Waals surface area (Å²) in [5, 5.41) is 0. The third-order valence-electron chi connectivity index (χ3n) is 4.15. The number of benzene rings is 1. The predicted molar refractivity (Wildman–Crippen MR) is 80.3 cm³/mol. The van der Waals surface area contributed by atoms with Crippen molar-refractivity contribution in [2.75, 3.05) is 33.3 Å². The standard InChI is InChI=1S/C15H20N4O2/c1-11(19-7-5-18(10-20)6-8-19)15-16-13-4-3-12(21-2)9-14(13)17-15/h3-4,9-11H,5-8H2,1-2H3,(H,16,17). The molecule has 112 valence electrons. The molecule has 2 heterocycles. The van der Waals surface area contributed by atoms with Crippen LogP contribution in [0.3, 0.4) is 0 Å². The van der Waals surface area contributed by atoms with Gasteiger partial charge in [0.1, 0.15) is 11.6 Å². The van der Waals surface area contributed by atoms with Gasteiger partial charge in [0.25, 0.3) is 0 Å². The number of imidazole rings is 1. The van der Waals surface area contributed by atoms with Crippen LogP contribution in [0.15, 0.2) is 18.2 Å². The molecule has 6 nitrogen and oxygen atoms in total. The topological polar surface area (TPSA) is 61.5 Å². The number of amides is 1. The lowest BCUT2D eigenvalue weighted by Crippen LogP contribution is -2.46. The smallest absolute Gasteiger partial charge is 0.209 e. The van der Waals surface area contributed by atoms with Gasteiger partial charge in [-0.2, -0.15) is 0 Å². The highest BCUT2D eigenvalue weighted by atomic mass is 16.5. The predicted octanol–water partition coefficient (Wildman–Crippen LogP) is 1.41. The molecule has 0 spiro atoms. The molecular formula is C15H20N4O2. The van der Waals surface area contributed by atoms with Crippen molar-refractivity contribution in [1.82, 2.24) is 19.8 Å². The normalized spacial score (nSPS) is 17.9. The molecule has 0 saturated carbocycles. The van der Waals surface area contributed by atoms with Gasteiger partial charge in [0.05, 0.1) is 24.2 Å². The first kappa shape index (κ1) is 13.9. The van der Waals surface area contributed by atoms with Gasteiger partial charge in [-0.05, 0) is 19.1 Å². The lowest BCUT2D eigenvalue weighted by molar-refractivity contribution is -0.120. The zero-order chi connectivity index (χ0) is 14.8. The number of aromatic amines is 1. The summed E-state index contributed by atoms with van der Waals surface area (Å²) in [6.07, 6.45) is 0.926. The lowest BCUT2D eigenvalue weighted by atomic mass is 10.2. The van der Waals surface area contributed by atoms with E-state index in [0.717, 1.165) is 55.2 Å². The van der Waals surface area contributed by atoms with E-state index in [1.165, 1.54) is 0 Å². The minimum Gasteiger partial charge on any atom is -0.497 e. The number of methoxy groups -OCH3 is 1. The number of H-pyrrole nitrogens is 1. The van der Waals surface area contributed by atoms with Crippen molar-refractivity contribution in [3.8, 4) is 5.75 Å². The van der Waals surface area contributed by atoms with E-state index in [0.29, 0.717) is 0 Å². The van der Waals surface area contributed by atoms with Gasteiger partial charge in [0.2, 0.25) is 6.41 Å². The molecule has 2 aromatic rings. The molecule has 1 unspecified atom stereocenters. The monoisotopic (exact) mass is 288 g/mol. The Bertz CT molecular complexity index is 632. The highest BCUT2D eigenvalue weighted by Crippen LogP contribution is 2.24. The Balaban J connectivity index is 1.78. The highest BCUT2D eigenvalue weighted by Gasteiger charge is 2.23. The Labute approximate surface area is 123 Å². The number of hydrogen-bond donors (Lipinski definition) is 1. The third-order valence-corrected chi connectivity index (χ3v) is 4.15. The van der Waals surface area contributed by atoms with E-state index >= 15 is 0 Å². The van der Waals surface area contributed by atoms with Crippen molar-refractivity contribution in [3.05, 3.63) is 24.0 Å². The zero-order valence-electron chi connectivity index (χ0n) is 12.4. The van der Waals surface area contributed by atoms with Gasteiger partial charge in [0, 0.05) is 32.2 Å². The van der Waals surface area contributed by atoms with Crippen molar-refractivity contribution in [2.45, 2.75) is 13.0 Å². The van der Waals surface area contributed by atoms with Crippen LogP contribution in [-0.4, -0.2) is 59.5 Å². The molecule has 1 aliphatic heterocycles. The number of carbonyl (C=O) groups is 1. The number of ether oxygens (including phenoxy) is 1. The molecular weight excluding hydrogens is 268 g/mol. The number of aromatic nitrogens is 2. The van der Waals surface area contributed by atoms with Crippen molar-refractivity contribution in [3.63, 3.8) is 0 Å². The molecule has 1 aliphatic rings. The van der Waals surface area contributed by atoms with Crippen LogP contribution in [0.4, 0.5) is 0 Å². The summed E-state index contributed by atoms with van der Waals surface area (Å²) in [6.45, 7) is 5.45. The summed E-state index contributed by atoms with van der Waals surface area (Å²) < 4.78 is 5.24. The maximum Gasteiger partial charge on any atom is 0.209 e. The molecule has 0 aliphatic carbocycles. The average Bonchev–Trinajstić information content (AvgIpc) is 2.97. The number of piperazine rings is 1. The zero-order valence-corrected chi connectivity index (χ0v) is 12.4. The Morgan fingerprint density at radius 2 is 2.10 bits per heavy atom. The summed E-state index contributed by atoms with van der Waals surface area (Å²) in [7, 11) is 1.66. The van der Waals surface area contributed by atoms with Crippen molar-refractivity contribution >= 4 is 17.4 Å². The first-order chi connectivity index (χ1) is 10.2. The summed E-state index contributed by atoms with van der Waals surface area (Å²) in [4.78, 5) is 23.0. The maximum atomic E-state index is 10.8. The quantitative estimate of drug-likeness (QED) is 0.864.